The van der Waals surface area contributed by atoms with E-state index in [0.717, 1.165) is 6.20 Å². The molecule has 0 saturated carbocycles. The lowest BCUT2D eigenvalue weighted by Crippen LogP contribution is -2.32. The highest BCUT2D eigenvalue weighted by Gasteiger charge is 2.29. The predicted molar refractivity (Wildman–Crippen MR) is 71.6 cm³/mol. The summed E-state index contributed by atoms with van der Waals surface area (Å²) in [4.78, 5) is 11.7. The molecule has 1 heterocycles. The summed E-state index contributed by atoms with van der Waals surface area (Å²) in [5.74, 6) is 0.0137. The number of anilines is 1. The molecule has 9 heteroatoms. The molecule has 1 atom stereocenters. The first-order valence-electron chi connectivity index (χ1n) is 5.86. The number of aliphatic hydroxyl groups is 1. The van der Waals surface area contributed by atoms with Gasteiger partial charge in [-0.2, -0.15) is 18.3 Å². The lowest BCUT2D eigenvalue weighted by molar-refractivity contribution is -0.143. The molecule has 0 spiro atoms. The number of aliphatic hydroxyl groups excluding tert-OH is 1. The molecule has 0 aliphatic carbocycles. The van der Waals surface area contributed by atoms with Crippen molar-refractivity contribution in [3.8, 4) is 0 Å². The van der Waals surface area contributed by atoms with Gasteiger partial charge in [-0.1, -0.05) is 13.8 Å². The van der Waals surface area contributed by atoms with Crippen LogP contribution in [-0.4, -0.2) is 33.7 Å². The third-order valence-corrected chi connectivity index (χ3v) is 3.35. The van der Waals surface area contributed by atoms with E-state index in [1.54, 1.807) is 0 Å². The Morgan fingerprint density at radius 2 is 2.10 bits per heavy atom. The number of nitrogens with zero attached hydrogens (tertiary/aromatic N) is 2. The maximum Gasteiger partial charge on any atom is 0.408 e. The van der Waals surface area contributed by atoms with Crippen molar-refractivity contribution in [2.24, 2.45) is 5.92 Å². The van der Waals surface area contributed by atoms with Crippen molar-refractivity contribution in [2.45, 2.75) is 32.7 Å². The first-order chi connectivity index (χ1) is 9.11. The number of aromatic nitrogens is 2. The Hall–Kier alpha value is -1.09. The quantitative estimate of drug-likeness (QED) is 0.845. The summed E-state index contributed by atoms with van der Waals surface area (Å²) in [6.45, 7) is 2.36. The van der Waals surface area contributed by atoms with E-state index in [1.165, 1.54) is 0 Å². The van der Waals surface area contributed by atoms with Gasteiger partial charge in [0.2, 0.25) is 0 Å². The smallest absolute Gasteiger partial charge is 0.391 e. The standard InChI is InChI=1S/C11H15BrF3N3O2/c1-6(2)8(19)4-16-7-3-17-18(5-11(13,14)15)10(20)9(7)12/h3,6,8,16,19H,4-5H2,1-2H3. The molecule has 2 N–H and O–H groups in total. The third kappa shape index (κ3) is 4.78. The van der Waals surface area contributed by atoms with Gasteiger partial charge in [-0.05, 0) is 21.8 Å². The van der Waals surface area contributed by atoms with Crippen molar-refractivity contribution in [2.75, 3.05) is 11.9 Å². The van der Waals surface area contributed by atoms with Crippen molar-refractivity contribution in [3.05, 3.63) is 21.0 Å². The van der Waals surface area contributed by atoms with Gasteiger partial charge in [0.15, 0.2) is 0 Å². The number of hydrogen-bond donors (Lipinski definition) is 2. The van der Waals surface area contributed by atoms with Crippen LogP contribution in [0.3, 0.4) is 0 Å². The fourth-order valence-electron chi connectivity index (χ4n) is 1.32. The largest absolute Gasteiger partial charge is 0.408 e. The molecule has 0 radical (unpaired) electrons. The number of rotatable bonds is 5. The fraction of sp³-hybridized carbons (Fsp3) is 0.636. The van der Waals surface area contributed by atoms with Crippen LogP contribution in [0.1, 0.15) is 13.8 Å². The summed E-state index contributed by atoms with van der Waals surface area (Å²) in [6.07, 6.45) is -4.04. The lowest BCUT2D eigenvalue weighted by atomic mass is 10.1. The highest BCUT2D eigenvalue weighted by Crippen LogP contribution is 2.19. The highest BCUT2D eigenvalue weighted by molar-refractivity contribution is 9.10. The second kappa shape index (κ2) is 6.57. The van der Waals surface area contributed by atoms with Crippen molar-refractivity contribution < 1.29 is 18.3 Å². The molecule has 20 heavy (non-hydrogen) atoms. The van der Waals surface area contributed by atoms with E-state index in [2.05, 4.69) is 26.3 Å². The third-order valence-electron chi connectivity index (χ3n) is 2.59. The molecule has 1 rings (SSSR count). The molecule has 0 aliphatic heterocycles. The molecule has 1 aromatic heterocycles. The topological polar surface area (TPSA) is 67.2 Å². The number of nitrogens with one attached hydrogen (secondary N) is 1. The summed E-state index contributed by atoms with van der Waals surface area (Å²) in [6, 6.07) is 0. The number of hydrogen-bond acceptors (Lipinski definition) is 4. The van der Waals surface area contributed by atoms with Gasteiger partial charge in [0.1, 0.15) is 11.0 Å². The molecule has 0 aliphatic rings. The van der Waals surface area contributed by atoms with E-state index in [4.69, 9.17) is 0 Å². The molecule has 1 aromatic rings. The summed E-state index contributed by atoms with van der Waals surface area (Å²) in [7, 11) is 0. The molecular formula is C11H15BrF3N3O2. The van der Waals surface area contributed by atoms with Crippen LogP contribution in [0.4, 0.5) is 18.9 Å². The van der Waals surface area contributed by atoms with Gasteiger partial charge in [-0.25, -0.2) is 4.68 Å². The molecule has 0 bridgehead atoms. The molecule has 5 nitrogen and oxygen atoms in total. The summed E-state index contributed by atoms with van der Waals surface area (Å²) in [5.41, 5.74) is -0.639. The molecule has 0 saturated heterocycles. The number of alkyl halides is 3. The van der Waals surface area contributed by atoms with Crippen LogP contribution < -0.4 is 10.9 Å². The Bertz CT molecular complexity index is 517. The Labute approximate surface area is 121 Å². The van der Waals surface area contributed by atoms with Gasteiger partial charge in [-0.3, -0.25) is 4.79 Å². The van der Waals surface area contributed by atoms with Crippen molar-refractivity contribution >= 4 is 21.6 Å². The monoisotopic (exact) mass is 357 g/mol. The van der Waals surface area contributed by atoms with Gasteiger partial charge < -0.3 is 10.4 Å². The Morgan fingerprint density at radius 3 is 2.60 bits per heavy atom. The molecule has 0 aromatic carbocycles. The molecule has 0 amide bonds. The average molecular weight is 358 g/mol. The summed E-state index contributed by atoms with van der Waals surface area (Å²) < 4.78 is 37.0. The lowest BCUT2D eigenvalue weighted by Gasteiger charge is -2.17. The van der Waals surface area contributed by atoms with Crippen LogP contribution >= 0.6 is 15.9 Å². The minimum Gasteiger partial charge on any atom is -0.391 e. The van der Waals surface area contributed by atoms with Gasteiger partial charge in [0.25, 0.3) is 5.56 Å². The van der Waals surface area contributed by atoms with Crippen LogP contribution in [0, 0.1) is 5.92 Å². The Kier molecular flexibility index (Phi) is 5.58. The average Bonchev–Trinajstić information content (AvgIpc) is 2.32. The van der Waals surface area contributed by atoms with Gasteiger partial charge in [0, 0.05) is 6.54 Å². The van der Waals surface area contributed by atoms with Crippen LogP contribution in [-0.2, 0) is 6.54 Å². The van der Waals surface area contributed by atoms with Crippen molar-refractivity contribution in [3.63, 3.8) is 0 Å². The van der Waals surface area contributed by atoms with E-state index >= 15 is 0 Å². The first-order valence-corrected chi connectivity index (χ1v) is 6.65. The maximum atomic E-state index is 12.2. The predicted octanol–water partition coefficient (Wildman–Crippen LogP) is 2.00. The second-order valence-electron chi connectivity index (χ2n) is 4.64. The van der Waals surface area contributed by atoms with Crippen LogP contribution in [0.15, 0.2) is 15.5 Å². The number of halogens is 4. The summed E-state index contributed by atoms with van der Waals surface area (Å²) in [5, 5.41) is 15.9. The van der Waals surface area contributed by atoms with Crippen molar-refractivity contribution in [1.29, 1.82) is 0 Å². The normalized spacial score (nSPS) is 13.6. The van der Waals surface area contributed by atoms with E-state index in [9.17, 15) is 23.1 Å². The zero-order valence-electron chi connectivity index (χ0n) is 10.9. The minimum atomic E-state index is -4.51. The van der Waals surface area contributed by atoms with E-state index in [0.29, 0.717) is 4.68 Å². The molecule has 114 valence electrons. The Morgan fingerprint density at radius 1 is 1.50 bits per heavy atom. The van der Waals surface area contributed by atoms with Gasteiger partial charge in [-0.15, -0.1) is 0 Å². The molecule has 1 unspecified atom stereocenters. The van der Waals surface area contributed by atoms with Gasteiger partial charge in [0.05, 0.1) is 18.0 Å². The molecule has 0 fully saturated rings. The van der Waals surface area contributed by atoms with E-state index < -0.39 is 24.4 Å². The van der Waals surface area contributed by atoms with Crippen LogP contribution in [0.5, 0.6) is 0 Å². The highest BCUT2D eigenvalue weighted by atomic mass is 79.9. The second-order valence-corrected chi connectivity index (χ2v) is 5.44. The van der Waals surface area contributed by atoms with E-state index in [-0.39, 0.29) is 22.6 Å². The zero-order valence-corrected chi connectivity index (χ0v) is 12.5. The molecular weight excluding hydrogens is 343 g/mol. The fourth-order valence-corrected chi connectivity index (χ4v) is 1.77. The SMILES string of the molecule is CC(C)C(O)CNc1cnn(CC(F)(F)F)c(=O)c1Br. The minimum absolute atomic E-state index is 0.0137. The first kappa shape index (κ1) is 17.0. The van der Waals surface area contributed by atoms with Crippen molar-refractivity contribution in [1.82, 2.24) is 9.78 Å². The Balaban J connectivity index is 2.87. The maximum absolute atomic E-state index is 12.2. The van der Waals surface area contributed by atoms with E-state index in [1.807, 2.05) is 13.8 Å². The van der Waals surface area contributed by atoms with Crippen LogP contribution in [0.2, 0.25) is 0 Å². The summed E-state index contributed by atoms with van der Waals surface area (Å²) >= 11 is 2.94. The van der Waals surface area contributed by atoms with Gasteiger partial charge >= 0.3 is 6.18 Å². The zero-order chi connectivity index (χ0) is 15.5. The van der Waals surface area contributed by atoms with Crippen LogP contribution in [0.25, 0.3) is 0 Å².